The summed E-state index contributed by atoms with van der Waals surface area (Å²) in [5, 5.41) is 0.497. The number of carbonyl (C=O) groups is 1. The zero-order chi connectivity index (χ0) is 17.1. The van der Waals surface area contributed by atoms with Gasteiger partial charge in [-0.25, -0.2) is 0 Å². The first-order valence-electron chi connectivity index (χ1n) is 7.06. The van der Waals surface area contributed by atoms with Gasteiger partial charge in [-0.1, -0.05) is 47.7 Å². The van der Waals surface area contributed by atoms with Gasteiger partial charge in [0.2, 0.25) is 0 Å². The summed E-state index contributed by atoms with van der Waals surface area (Å²) in [4.78, 5) is 18.8. The van der Waals surface area contributed by atoms with E-state index >= 15 is 0 Å². The Labute approximate surface area is 154 Å². The first-order valence-corrected chi connectivity index (χ1v) is 8.66. The van der Waals surface area contributed by atoms with Gasteiger partial charge in [0.25, 0.3) is 5.91 Å². The van der Waals surface area contributed by atoms with Crippen molar-refractivity contribution in [3.63, 3.8) is 0 Å². The predicted octanol–water partition coefficient (Wildman–Crippen LogP) is 4.15. The highest BCUT2D eigenvalue weighted by molar-refractivity contribution is 8.26. The minimum Gasteiger partial charge on any atom is -0.495 e. The van der Waals surface area contributed by atoms with Crippen LogP contribution in [-0.4, -0.2) is 27.2 Å². The van der Waals surface area contributed by atoms with Crippen molar-refractivity contribution in [2.75, 3.05) is 7.11 Å². The first-order chi connectivity index (χ1) is 11.6. The number of benzene rings is 1. The second-order valence-corrected chi connectivity index (χ2v) is 7.11. The van der Waals surface area contributed by atoms with Crippen molar-refractivity contribution in [2.45, 2.75) is 6.54 Å². The van der Waals surface area contributed by atoms with E-state index in [0.29, 0.717) is 26.5 Å². The molecule has 24 heavy (non-hydrogen) atoms. The molecule has 4 nitrogen and oxygen atoms in total. The molecular formula is C17H13ClN2O2S2. The lowest BCUT2D eigenvalue weighted by Gasteiger charge is -2.13. The highest BCUT2D eigenvalue weighted by atomic mass is 35.5. The van der Waals surface area contributed by atoms with E-state index in [9.17, 15) is 4.79 Å². The standard InChI is InChI=1S/C17H13ClN2O2S2/c1-22-14-5-4-11(7-13(14)18)8-15-16(21)20(17(23)24-15)10-12-3-2-6-19-9-12/h2-9H,10H2,1H3. The van der Waals surface area contributed by atoms with Gasteiger partial charge in [0.05, 0.1) is 23.6 Å². The number of thioether (sulfide) groups is 1. The summed E-state index contributed by atoms with van der Waals surface area (Å²) in [5.74, 6) is 0.485. The highest BCUT2D eigenvalue weighted by Crippen LogP contribution is 2.34. The summed E-state index contributed by atoms with van der Waals surface area (Å²) in [7, 11) is 1.56. The number of hydrogen-bond acceptors (Lipinski definition) is 5. The number of hydrogen-bond donors (Lipinski definition) is 0. The van der Waals surface area contributed by atoms with Crippen molar-refractivity contribution in [3.05, 3.63) is 63.8 Å². The quantitative estimate of drug-likeness (QED) is 0.592. The summed E-state index contributed by atoms with van der Waals surface area (Å²) in [6.45, 7) is 0.416. The fraction of sp³-hybridized carbons (Fsp3) is 0.118. The molecule has 1 amide bonds. The molecule has 0 spiro atoms. The lowest BCUT2D eigenvalue weighted by atomic mass is 10.2. The van der Waals surface area contributed by atoms with E-state index in [4.69, 9.17) is 28.6 Å². The van der Waals surface area contributed by atoms with Crippen molar-refractivity contribution in [2.24, 2.45) is 0 Å². The van der Waals surface area contributed by atoms with Crippen LogP contribution in [0.3, 0.4) is 0 Å². The van der Waals surface area contributed by atoms with Crippen molar-refractivity contribution in [3.8, 4) is 5.75 Å². The summed E-state index contributed by atoms with van der Waals surface area (Å²) in [6, 6.07) is 9.12. The minimum atomic E-state index is -0.110. The third kappa shape index (κ3) is 3.61. The summed E-state index contributed by atoms with van der Waals surface area (Å²) in [6.07, 6.45) is 5.21. The molecule has 0 aliphatic carbocycles. The molecule has 0 bridgehead atoms. The fourth-order valence-electron chi connectivity index (χ4n) is 2.23. The molecule has 1 aromatic heterocycles. The highest BCUT2D eigenvalue weighted by Gasteiger charge is 2.32. The van der Waals surface area contributed by atoms with Gasteiger partial charge in [-0.2, -0.15) is 0 Å². The SMILES string of the molecule is COc1ccc(C=C2SC(=S)N(Cc3cccnc3)C2=O)cc1Cl. The summed E-state index contributed by atoms with van der Waals surface area (Å²) in [5.41, 5.74) is 1.75. The van der Waals surface area contributed by atoms with Crippen LogP contribution in [0.15, 0.2) is 47.6 Å². The average Bonchev–Trinajstić information content (AvgIpc) is 2.84. The molecule has 0 atom stereocenters. The van der Waals surface area contributed by atoms with E-state index in [0.717, 1.165) is 11.1 Å². The molecule has 1 aliphatic rings. The molecule has 1 aromatic carbocycles. The molecule has 2 heterocycles. The second-order valence-electron chi connectivity index (χ2n) is 5.02. The summed E-state index contributed by atoms with van der Waals surface area (Å²) >= 11 is 12.7. The van der Waals surface area contributed by atoms with Crippen molar-refractivity contribution < 1.29 is 9.53 Å². The second kappa shape index (κ2) is 7.34. The maximum Gasteiger partial charge on any atom is 0.266 e. The Bertz CT molecular complexity index is 825. The molecule has 0 N–H and O–H groups in total. The molecule has 7 heteroatoms. The molecule has 1 saturated heterocycles. The van der Waals surface area contributed by atoms with E-state index in [-0.39, 0.29) is 5.91 Å². The Morgan fingerprint density at radius 2 is 2.25 bits per heavy atom. The van der Waals surface area contributed by atoms with Crippen molar-refractivity contribution >= 4 is 51.9 Å². The van der Waals surface area contributed by atoms with Crippen LogP contribution in [0.5, 0.6) is 5.75 Å². The van der Waals surface area contributed by atoms with Crippen LogP contribution in [0.4, 0.5) is 0 Å². The molecule has 1 aliphatic heterocycles. The molecule has 0 radical (unpaired) electrons. The van der Waals surface area contributed by atoms with E-state index in [1.807, 2.05) is 18.2 Å². The Kier molecular flexibility index (Phi) is 5.18. The number of pyridine rings is 1. The lowest BCUT2D eigenvalue weighted by Crippen LogP contribution is -2.27. The first kappa shape index (κ1) is 17.0. The number of rotatable bonds is 4. The van der Waals surface area contributed by atoms with Crippen LogP contribution in [-0.2, 0) is 11.3 Å². The number of methoxy groups -OCH3 is 1. The van der Waals surface area contributed by atoms with Gasteiger partial charge < -0.3 is 4.74 Å². The van der Waals surface area contributed by atoms with Crippen LogP contribution in [0.2, 0.25) is 5.02 Å². The minimum absolute atomic E-state index is 0.110. The summed E-state index contributed by atoms with van der Waals surface area (Å²) < 4.78 is 5.67. The molecule has 122 valence electrons. The number of thiocarbonyl (C=S) groups is 1. The largest absolute Gasteiger partial charge is 0.495 e. The third-order valence-electron chi connectivity index (χ3n) is 3.41. The number of carbonyl (C=O) groups excluding carboxylic acids is 1. The predicted molar refractivity (Wildman–Crippen MR) is 101 cm³/mol. The molecule has 0 saturated carbocycles. The van der Waals surface area contributed by atoms with Crippen molar-refractivity contribution in [1.82, 2.24) is 9.88 Å². The maximum absolute atomic E-state index is 12.6. The smallest absolute Gasteiger partial charge is 0.266 e. The Morgan fingerprint density at radius 3 is 2.92 bits per heavy atom. The van der Waals surface area contributed by atoms with Crippen LogP contribution >= 0.6 is 35.6 Å². The van der Waals surface area contributed by atoms with Gasteiger partial charge in [-0.3, -0.25) is 14.7 Å². The zero-order valence-corrected chi connectivity index (χ0v) is 15.1. The number of amides is 1. The van der Waals surface area contributed by atoms with E-state index in [1.54, 1.807) is 42.6 Å². The number of nitrogens with zero attached hydrogens (tertiary/aromatic N) is 2. The van der Waals surface area contributed by atoms with Gasteiger partial charge in [-0.05, 0) is 35.4 Å². The Balaban J connectivity index is 1.82. The third-order valence-corrected chi connectivity index (χ3v) is 5.08. The zero-order valence-electron chi connectivity index (χ0n) is 12.7. The lowest BCUT2D eigenvalue weighted by molar-refractivity contribution is -0.122. The molecule has 0 unspecified atom stereocenters. The maximum atomic E-state index is 12.6. The molecule has 1 fully saturated rings. The van der Waals surface area contributed by atoms with Crippen LogP contribution in [0.1, 0.15) is 11.1 Å². The number of halogens is 1. The monoisotopic (exact) mass is 376 g/mol. The topological polar surface area (TPSA) is 42.4 Å². The van der Waals surface area contributed by atoms with Crippen LogP contribution in [0.25, 0.3) is 6.08 Å². The van der Waals surface area contributed by atoms with Crippen molar-refractivity contribution in [1.29, 1.82) is 0 Å². The van der Waals surface area contributed by atoms with Gasteiger partial charge in [0.15, 0.2) is 0 Å². The van der Waals surface area contributed by atoms with E-state index < -0.39 is 0 Å². The Morgan fingerprint density at radius 1 is 1.42 bits per heavy atom. The van der Waals surface area contributed by atoms with Crippen LogP contribution in [0, 0.1) is 0 Å². The van der Waals surface area contributed by atoms with Gasteiger partial charge in [-0.15, -0.1) is 0 Å². The number of aromatic nitrogens is 1. The Hall–Kier alpha value is -1.89. The van der Waals surface area contributed by atoms with E-state index in [1.165, 1.54) is 11.8 Å². The van der Waals surface area contributed by atoms with Gasteiger partial charge in [0, 0.05) is 12.4 Å². The molecule has 2 aromatic rings. The molecule has 3 rings (SSSR count). The van der Waals surface area contributed by atoms with Gasteiger partial charge >= 0.3 is 0 Å². The van der Waals surface area contributed by atoms with E-state index in [2.05, 4.69) is 4.98 Å². The van der Waals surface area contributed by atoms with Gasteiger partial charge in [0.1, 0.15) is 10.1 Å². The fourth-order valence-corrected chi connectivity index (χ4v) is 3.76. The number of ether oxygens (including phenoxy) is 1. The molecular weight excluding hydrogens is 364 g/mol. The van der Waals surface area contributed by atoms with Crippen LogP contribution < -0.4 is 4.74 Å². The average molecular weight is 377 g/mol. The normalized spacial score (nSPS) is 16.1.